The summed E-state index contributed by atoms with van der Waals surface area (Å²) in [5, 5.41) is 3.72. The molecule has 2 bridgehead atoms. The molecular weight excluding hydrogens is 336 g/mol. The van der Waals surface area contributed by atoms with E-state index in [0.29, 0.717) is 6.61 Å². The highest BCUT2D eigenvalue weighted by molar-refractivity contribution is 5.85. The SMILES string of the molecule is Cl.O=C(OCc1ccccc1)C1CCN(C2CC3CCC(C2)N3)CC1. The molecule has 0 saturated carbocycles. The van der Waals surface area contributed by atoms with Gasteiger partial charge in [0.1, 0.15) is 6.61 Å². The van der Waals surface area contributed by atoms with Gasteiger partial charge in [-0.15, -0.1) is 12.4 Å². The zero-order chi connectivity index (χ0) is 16.4. The van der Waals surface area contributed by atoms with Crippen molar-refractivity contribution in [2.24, 2.45) is 5.92 Å². The molecule has 4 rings (SSSR count). The number of nitrogens with zero attached hydrogens (tertiary/aromatic N) is 1. The molecule has 138 valence electrons. The average molecular weight is 365 g/mol. The molecule has 0 spiro atoms. The third kappa shape index (κ3) is 4.55. The zero-order valence-corrected chi connectivity index (χ0v) is 15.5. The number of carbonyl (C=O) groups excluding carboxylic acids is 1. The highest BCUT2D eigenvalue weighted by Crippen LogP contribution is 2.32. The largest absolute Gasteiger partial charge is 0.461 e. The molecule has 0 radical (unpaired) electrons. The van der Waals surface area contributed by atoms with Gasteiger partial charge in [0, 0.05) is 18.1 Å². The summed E-state index contributed by atoms with van der Waals surface area (Å²) < 4.78 is 5.52. The van der Waals surface area contributed by atoms with E-state index in [1.807, 2.05) is 30.3 Å². The Morgan fingerprint density at radius 3 is 2.32 bits per heavy atom. The van der Waals surface area contributed by atoms with Crippen molar-refractivity contribution in [1.82, 2.24) is 10.2 Å². The van der Waals surface area contributed by atoms with E-state index in [-0.39, 0.29) is 24.3 Å². The van der Waals surface area contributed by atoms with Crippen LogP contribution in [0.15, 0.2) is 30.3 Å². The van der Waals surface area contributed by atoms with E-state index in [1.54, 1.807) is 0 Å². The van der Waals surface area contributed by atoms with E-state index >= 15 is 0 Å². The van der Waals surface area contributed by atoms with Gasteiger partial charge in [0.05, 0.1) is 5.92 Å². The summed E-state index contributed by atoms with van der Waals surface area (Å²) in [7, 11) is 0. The fourth-order valence-electron chi connectivity index (χ4n) is 4.67. The van der Waals surface area contributed by atoms with Crippen LogP contribution in [0.4, 0.5) is 0 Å². The van der Waals surface area contributed by atoms with Gasteiger partial charge in [-0.1, -0.05) is 30.3 Å². The number of benzene rings is 1. The predicted molar refractivity (Wildman–Crippen MR) is 101 cm³/mol. The summed E-state index contributed by atoms with van der Waals surface area (Å²) in [5.74, 6) is 0.0762. The topological polar surface area (TPSA) is 41.6 Å². The molecule has 3 heterocycles. The summed E-state index contributed by atoms with van der Waals surface area (Å²) in [6, 6.07) is 12.1. The molecule has 5 heteroatoms. The quantitative estimate of drug-likeness (QED) is 0.833. The first kappa shape index (κ1) is 18.7. The van der Waals surface area contributed by atoms with Crippen LogP contribution in [0.5, 0.6) is 0 Å². The summed E-state index contributed by atoms with van der Waals surface area (Å²) in [4.78, 5) is 14.9. The monoisotopic (exact) mass is 364 g/mol. The van der Waals surface area contributed by atoms with Crippen LogP contribution in [0, 0.1) is 5.92 Å². The first-order valence-electron chi connectivity index (χ1n) is 9.48. The molecule has 25 heavy (non-hydrogen) atoms. The van der Waals surface area contributed by atoms with Crippen LogP contribution >= 0.6 is 12.4 Å². The van der Waals surface area contributed by atoms with Crippen molar-refractivity contribution < 1.29 is 9.53 Å². The Balaban J connectivity index is 0.00000182. The molecule has 1 aromatic rings. The minimum atomic E-state index is -0.0103. The normalized spacial score (nSPS) is 29.8. The second-order valence-electron chi connectivity index (χ2n) is 7.67. The number of hydrogen-bond acceptors (Lipinski definition) is 4. The minimum Gasteiger partial charge on any atom is -0.461 e. The van der Waals surface area contributed by atoms with Crippen LogP contribution in [0.3, 0.4) is 0 Å². The fourth-order valence-corrected chi connectivity index (χ4v) is 4.67. The number of esters is 1. The summed E-state index contributed by atoms with van der Waals surface area (Å²) in [6.07, 6.45) is 7.19. The molecule has 1 N–H and O–H groups in total. The van der Waals surface area contributed by atoms with Gasteiger partial charge in [-0.25, -0.2) is 0 Å². The van der Waals surface area contributed by atoms with Crippen LogP contribution in [-0.2, 0) is 16.1 Å². The van der Waals surface area contributed by atoms with Crippen LogP contribution in [0.2, 0.25) is 0 Å². The number of hydrogen-bond donors (Lipinski definition) is 1. The standard InChI is InChI=1S/C20H28N2O2.ClH/c23-20(24-14-15-4-2-1-3-5-15)16-8-10-22(11-9-16)19-12-17-6-7-18(13-19)21-17;/h1-5,16-19,21H,6-14H2;1H. The lowest BCUT2D eigenvalue weighted by Crippen LogP contribution is -2.50. The number of nitrogens with one attached hydrogen (secondary N) is 1. The van der Waals surface area contributed by atoms with E-state index in [4.69, 9.17) is 4.74 Å². The van der Waals surface area contributed by atoms with Crippen molar-refractivity contribution in [1.29, 1.82) is 0 Å². The summed E-state index contributed by atoms with van der Waals surface area (Å²) in [5.41, 5.74) is 1.06. The molecular formula is C20H29ClN2O2. The first-order chi connectivity index (χ1) is 11.8. The Kier molecular flexibility index (Phi) is 6.37. The fraction of sp³-hybridized carbons (Fsp3) is 0.650. The lowest BCUT2D eigenvalue weighted by Gasteiger charge is -2.41. The first-order valence-corrected chi connectivity index (χ1v) is 9.48. The Labute approximate surface area is 156 Å². The van der Waals surface area contributed by atoms with Gasteiger partial charge < -0.3 is 15.0 Å². The Bertz CT molecular complexity index is 548. The highest BCUT2D eigenvalue weighted by atomic mass is 35.5. The molecule has 3 saturated heterocycles. The smallest absolute Gasteiger partial charge is 0.309 e. The van der Waals surface area contributed by atoms with Crippen molar-refractivity contribution >= 4 is 18.4 Å². The number of fused-ring (bicyclic) bond motifs is 2. The van der Waals surface area contributed by atoms with E-state index in [9.17, 15) is 4.79 Å². The van der Waals surface area contributed by atoms with Crippen molar-refractivity contribution in [3.8, 4) is 0 Å². The summed E-state index contributed by atoms with van der Waals surface area (Å²) >= 11 is 0. The van der Waals surface area contributed by atoms with E-state index < -0.39 is 0 Å². The van der Waals surface area contributed by atoms with Crippen molar-refractivity contribution in [3.05, 3.63) is 35.9 Å². The molecule has 0 amide bonds. The van der Waals surface area contributed by atoms with Crippen LogP contribution in [0.25, 0.3) is 0 Å². The maximum absolute atomic E-state index is 12.3. The van der Waals surface area contributed by atoms with Gasteiger partial charge in [-0.05, 0) is 57.2 Å². The van der Waals surface area contributed by atoms with Crippen molar-refractivity contribution in [2.75, 3.05) is 13.1 Å². The van der Waals surface area contributed by atoms with E-state index in [2.05, 4.69) is 10.2 Å². The van der Waals surface area contributed by atoms with Gasteiger partial charge >= 0.3 is 5.97 Å². The number of likely N-dealkylation sites (tertiary alicyclic amines) is 1. The van der Waals surface area contributed by atoms with Gasteiger partial charge in [0.15, 0.2) is 0 Å². The Morgan fingerprint density at radius 2 is 1.68 bits per heavy atom. The van der Waals surface area contributed by atoms with Crippen LogP contribution in [-0.4, -0.2) is 42.1 Å². The molecule has 3 fully saturated rings. The number of rotatable bonds is 4. The predicted octanol–water partition coefficient (Wildman–Crippen LogP) is 3.15. The minimum absolute atomic E-state index is 0. The van der Waals surface area contributed by atoms with E-state index in [1.165, 1.54) is 25.7 Å². The molecule has 0 aromatic heterocycles. The molecule has 3 aliphatic heterocycles. The molecule has 4 nitrogen and oxygen atoms in total. The maximum atomic E-state index is 12.3. The third-order valence-corrected chi connectivity index (χ3v) is 6.05. The average Bonchev–Trinajstić information content (AvgIpc) is 2.98. The molecule has 2 unspecified atom stereocenters. The zero-order valence-electron chi connectivity index (χ0n) is 14.7. The maximum Gasteiger partial charge on any atom is 0.309 e. The third-order valence-electron chi connectivity index (χ3n) is 6.05. The van der Waals surface area contributed by atoms with Gasteiger partial charge in [0.25, 0.3) is 0 Å². The lowest BCUT2D eigenvalue weighted by molar-refractivity contribution is -0.151. The number of carbonyl (C=O) groups is 1. The number of halogens is 1. The van der Waals surface area contributed by atoms with Crippen LogP contribution in [0.1, 0.15) is 44.1 Å². The lowest BCUT2D eigenvalue weighted by atomic mass is 9.92. The summed E-state index contributed by atoms with van der Waals surface area (Å²) in [6.45, 7) is 2.50. The molecule has 0 aliphatic carbocycles. The van der Waals surface area contributed by atoms with Gasteiger partial charge in [-0.3, -0.25) is 4.79 Å². The Hall–Kier alpha value is -1.10. The van der Waals surface area contributed by atoms with Crippen molar-refractivity contribution in [3.63, 3.8) is 0 Å². The van der Waals surface area contributed by atoms with Crippen LogP contribution < -0.4 is 5.32 Å². The second kappa shape index (κ2) is 8.52. The molecule has 2 atom stereocenters. The highest BCUT2D eigenvalue weighted by Gasteiger charge is 2.37. The Morgan fingerprint density at radius 1 is 1.04 bits per heavy atom. The number of piperidine rings is 2. The van der Waals surface area contributed by atoms with Gasteiger partial charge in [-0.2, -0.15) is 0 Å². The van der Waals surface area contributed by atoms with Crippen molar-refractivity contribution in [2.45, 2.75) is 63.3 Å². The molecule has 1 aromatic carbocycles. The molecule has 3 aliphatic rings. The second-order valence-corrected chi connectivity index (χ2v) is 7.67. The van der Waals surface area contributed by atoms with E-state index in [0.717, 1.165) is 49.6 Å². The number of ether oxygens (including phenoxy) is 1. The van der Waals surface area contributed by atoms with Gasteiger partial charge in [0.2, 0.25) is 0 Å².